The minimum atomic E-state index is -0.424. The number of hydrogen-bond acceptors (Lipinski definition) is 5. The van der Waals surface area contributed by atoms with Gasteiger partial charge in [-0.2, -0.15) is 4.98 Å². The molecule has 0 aromatic carbocycles. The summed E-state index contributed by atoms with van der Waals surface area (Å²) >= 11 is 0. The number of urea groups is 1. The van der Waals surface area contributed by atoms with Gasteiger partial charge in [-0.05, 0) is 44.4 Å². The largest absolute Gasteiger partial charge is 0.351 e. The van der Waals surface area contributed by atoms with Crippen molar-refractivity contribution in [3.63, 3.8) is 0 Å². The van der Waals surface area contributed by atoms with Crippen LogP contribution in [0.2, 0.25) is 0 Å². The van der Waals surface area contributed by atoms with Gasteiger partial charge in [0.25, 0.3) is 0 Å². The second kappa shape index (κ2) is 7.25. The maximum Gasteiger partial charge on any atom is 0.314 e. The summed E-state index contributed by atoms with van der Waals surface area (Å²) in [5.41, 5.74) is 5.37. The first kappa shape index (κ1) is 17.3. The third-order valence-corrected chi connectivity index (χ3v) is 5.89. The van der Waals surface area contributed by atoms with E-state index in [0.717, 1.165) is 69.8 Å². The normalized spacial score (nSPS) is 24.7. The van der Waals surface area contributed by atoms with E-state index < -0.39 is 6.03 Å². The molecule has 1 aromatic heterocycles. The Balaban J connectivity index is 1.26. The van der Waals surface area contributed by atoms with E-state index >= 15 is 0 Å². The van der Waals surface area contributed by atoms with Crippen molar-refractivity contribution in [2.45, 2.75) is 50.9 Å². The van der Waals surface area contributed by atoms with E-state index in [4.69, 9.17) is 10.3 Å². The summed E-state index contributed by atoms with van der Waals surface area (Å²) in [5, 5.41) is 4.11. The van der Waals surface area contributed by atoms with E-state index in [2.05, 4.69) is 10.1 Å². The van der Waals surface area contributed by atoms with Crippen LogP contribution in [0.1, 0.15) is 56.2 Å². The van der Waals surface area contributed by atoms with Crippen LogP contribution in [0.4, 0.5) is 4.79 Å². The highest BCUT2D eigenvalue weighted by atomic mass is 16.5. The molecule has 3 heterocycles. The van der Waals surface area contributed by atoms with Gasteiger partial charge in [-0.15, -0.1) is 0 Å². The lowest BCUT2D eigenvalue weighted by molar-refractivity contribution is -0.138. The van der Waals surface area contributed by atoms with Gasteiger partial charge in [0.15, 0.2) is 5.82 Å². The van der Waals surface area contributed by atoms with Crippen LogP contribution in [-0.4, -0.2) is 58.1 Å². The van der Waals surface area contributed by atoms with Gasteiger partial charge in [-0.25, -0.2) is 4.79 Å². The maximum atomic E-state index is 12.8. The Morgan fingerprint density at radius 3 is 2.54 bits per heavy atom. The van der Waals surface area contributed by atoms with Gasteiger partial charge in [-0.3, -0.25) is 4.79 Å². The van der Waals surface area contributed by atoms with Crippen LogP contribution in [0.3, 0.4) is 0 Å². The number of nitrogens with two attached hydrogens (primary N) is 1. The monoisotopic (exact) mass is 361 g/mol. The quantitative estimate of drug-likeness (QED) is 0.875. The molecule has 3 amide bonds. The van der Waals surface area contributed by atoms with Gasteiger partial charge in [0, 0.05) is 38.5 Å². The minimum Gasteiger partial charge on any atom is -0.351 e. The molecule has 0 bridgehead atoms. The molecule has 1 atom stereocenters. The third kappa shape index (κ3) is 3.83. The first-order chi connectivity index (χ1) is 12.6. The standard InChI is InChI=1S/C18H27N5O3/c19-18(25)23-7-1-2-14(11-23)17(24)22-8-5-12(6-9-22)10-15-20-16(26-21-15)13-3-4-13/h12-14H,1-11H2,(H2,19,25)/t14-/m0/s1. The second-order valence-corrected chi connectivity index (χ2v) is 7.92. The molecule has 0 radical (unpaired) electrons. The summed E-state index contributed by atoms with van der Waals surface area (Å²) < 4.78 is 5.33. The number of hydrogen-bond donors (Lipinski definition) is 1. The first-order valence-corrected chi connectivity index (χ1v) is 9.76. The van der Waals surface area contributed by atoms with Crippen LogP contribution in [0.25, 0.3) is 0 Å². The Hall–Kier alpha value is -2.12. The van der Waals surface area contributed by atoms with Crippen molar-refractivity contribution in [3.8, 4) is 0 Å². The summed E-state index contributed by atoms with van der Waals surface area (Å²) in [6, 6.07) is -0.424. The number of nitrogens with zero attached hydrogens (tertiary/aromatic N) is 4. The molecule has 0 spiro atoms. The highest BCUT2D eigenvalue weighted by molar-refractivity contribution is 5.80. The molecule has 3 aliphatic rings. The first-order valence-electron chi connectivity index (χ1n) is 9.76. The van der Waals surface area contributed by atoms with Crippen molar-refractivity contribution >= 4 is 11.9 Å². The fourth-order valence-electron chi connectivity index (χ4n) is 4.10. The number of piperidine rings is 2. The Morgan fingerprint density at radius 2 is 1.85 bits per heavy atom. The molecule has 26 heavy (non-hydrogen) atoms. The van der Waals surface area contributed by atoms with Crippen LogP contribution in [0, 0.1) is 11.8 Å². The van der Waals surface area contributed by atoms with Gasteiger partial charge in [0.1, 0.15) is 0 Å². The van der Waals surface area contributed by atoms with Crippen LogP contribution < -0.4 is 5.73 Å². The van der Waals surface area contributed by atoms with Crippen LogP contribution in [-0.2, 0) is 11.2 Å². The molecule has 1 aromatic rings. The zero-order valence-electron chi connectivity index (χ0n) is 15.1. The van der Waals surface area contributed by atoms with Crippen LogP contribution in [0.5, 0.6) is 0 Å². The molecular weight excluding hydrogens is 334 g/mol. The highest BCUT2D eigenvalue weighted by Gasteiger charge is 2.33. The highest BCUT2D eigenvalue weighted by Crippen LogP contribution is 2.39. The summed E-state index contributed by atoms with van der Waals surface area (Å²) in [6.07, 6.45) is 6.77. The van der Waals surface area contributed by atoms with Gasteiger partial charge >= 0.3 is 6.03 Å². The predicted octanol–water partition coefficient (Wildman–Crippen LogP) is 1.52. The van der Waals surface area contributed by atoms with E-state index in [1.807, 2.05) is 4.90 Å². The lowest BCUT2D eigenvalue weighted by atomic mass is 9.91. The van der Waals surface area contributed by atoms with Gasteiger partial charge in [0.05, 0.1) is 5.92 Å². The predicted molar refractivity (Wildman–Crippen MR) is 93.2 cm³/mol. The summed E-state index contributed by atoms with van der Waals surface area (Å²) in [7, 11) is 0. The number of likely N-dealkylation sites (tertiary alicyclic amines) is 2. The van der Waals surface area contributed by atoms with Crippen LogP contribution >= 0.6 is 0 Å². The number of carbonyl (C=O) groups is 2. The van der Waals surface area contributed by atoms with Gasteiger partial charge in [0.2, 0.25) is 11.8 Å². The van der Waals surface area contributed by atoms with Crippen molar-refractivity contribution in [3.05, 3.63) is 11.7 Å². The molecule has 3 fully saturated rings. The van der Waals surface area contributed by atoms with Crippen molar-refractivity contribution in [1.29, 1.82) is 0 Å². The fraction of sp³-hybridized carbons (Fsp3) is 0.778. The van der Waals surface area contributed by atoms with Crippen molar-refractivity contribution in [2.24, 2.45) is 17.6 Å². The van der Waals surface area contributed by atoms with Gasteiger partial charge in [-0.1, -0.05) is 5.16 Å². The minimum absolute atomic E-state index is 0.105. The lowest BCUT2D eigenvalue weighted by Crippen LogP contribution is -2.49. The Morgan fingerprint density at radius 1 is 1.08 bits per heavy atom. The molecule has 1 saturated carbocycles. The molecular formula is C18H27N5O3. The summed E-state index contributed by atoms with van der Waals surface area (Å²) in [6.45, 7) is 2.66. The number of amides is 3. The summed E-state index contributed by atoms with van der Waals surface area (Å²) in [5.74, 6) is 2.66. The Kier molecular flexibility index (Phi) is 4.82. The Bertz CT molecular complexity index is 664. The lowest BCUT2D eigenvalue weighted by Gasteiger charge is -2.37. The van der Waals surface area contributed by atoms with Crippen molar-refractivity contribution in [1.82, 2.24) is 19.9 Å². The molecule has 0 unspecified atom stereocenters. The van der Waals surface area contributed by atoms with Crippen LogP contribution in [0.15, 0.2) is 4.52 Å². The average Bonchev–Trinajstić information content (AvgIpc) is 3.41. The molecule has 2 N–H and O–H groups in total. The topological polar surface area (TPSA) is 106 Å². The number of rotatable bonds is 4. The SMILES string of the molecule is NC(=O)N1CCC[C@H](C(=O)N2CCC(Cc3noc(C4CC4)n3)CC2)C1. The maximum absolute atomic E-state index is 12.8. The number of aromatic nitrogens is 2. The molecule has 142 valence electrons. The van der Waals surface area contributed by atoms with Crippen molar-refractivity contribution < 1.29 is 14.1 Å². The molecule has 4 rings (SSSR count). The Labute approximate surface area is 153 Å². The van der Waals surface area contributed by atoms with Crippen molar-refractivity contribution in [2.75, 3.05) is 26.2 Å². The molecule has 8 heteroatoms. The van der Waals surface area contributed by atoms with Gasteiger partial charge < -0.3 is 20.1 Å². The van der Waals surface area contributed by atoms with E-state index in [9.17, 15) is 9.59 Å². The van der Waals surface area contributed by atoms with E-state index in [1.54, 1.807) is 4.90 Å². The zero-order valence-corrected chi connectivity index (χ0v) is 15.1. The average molecular weight is 361 g/mol. The number of primary amides is 1. The van der Waals surface area contributed by atoms with E-state index in [0.29, 0.717) is 24.9 Å². The molecule has 2 aliphatic heterocycles. The fourth-order valence-corrected chi connectivity index (χ4v) is 4.10. The second-order valence-electron chi connectivity index (χ2n) is 7.92. The molecule has 2 saturated heterocycles. The molecule has 1 aliphatic carbocycles. The third-order valence-electron chi connectivity index (χ3n) is 5.89. The zero-order chi connectivity index (χ0) is 18.1. The smallest absolute Gasteiger partial charge is 0.314 e. The van der Waals surface area contributed by atoms with E-state index in [-0.39, 0.29) is 11.8 Å². The molecule has 8 nitrogen and oxygen atoms in total. The van der Waals surface area contributed by atoms with E-state index in [1.165, 1.54) is 0 Å². The summed E-state index contributed by atoms with van der Waals surface area (Å²) in [4.78, 5) is 32.2. The number of carbonyl (C=O) groups excluding carboxylic acids is 2.